The molecule has 0 aromatic heterocycles. The summed E-state index contributed by atoms with van der Waals surface area (Å²) in [4.78, 5) is 4.26. The maximum atomic E-state index is 5.81. The molecule has 0 atom stereocenters. The molecular weight excluding hydrogens is 417 g/mol. The van der Waals surface area contributed by atoms with E-state index in [4.69, 9.17) is 9.47 Å². The summed E-state index contributed by atoms with van der Waals surface area (Å²) in [6.07, 6.45) is 3.62. The number of ether oxygens (including phenoxy) is 2. The van der Waals surface area contributed by atoms with E-state index in [2.05, 4.69) is 47.7 Å². The lowest BCUT2D eigenvalue weighted by atomic mass is 10.1. The van der Waals surface area contributed by atoms with E-state index in [1.807, 2.05) is 0 Å². The van der Waals surface area contributed by atoms with E-state index in [1.54, 1.807) is 14.2 Å². The number of methoxy groups -OCH3 is 1. The Labute approximate surface area is 163 Å². The second kappa shape index (κ2) is 14.3. The van der Waals surface area contributed by atoms with E-state index in [0.29, 0.717) is 19.8 Å². The zero-order valence-electron chi connectivity index (χ0n) is 15.4. The van der Waals surface area contributed by atoms with Crippen LogP contribution in [0.5, 0.6) is 5.75 Å². The lowest BCUT2D eigenvalue weighted by Gasteiger charge is -2.15. The lowest BCUT2D eigenvalue weighted by Crippen LogP contribution is -2.37. The van der Waals surface area contributed by atoms with Crippen molar-refractivity contribution in [2.75, 3.05) is 33.9 Å². The molecule has 0 saturated carbocycles. The van der Waals surface area contributed by atoms with Crippen molar-refractivity contribution in [1.29, 1.82) is 0 Å². The molecule has 0 saturated heterocycles. The van der Waals surface area contributed by atoms with Gasteiger partial charge >= 0.3 is 0 Å². The summed E-state index contributed by atoms with van der Waals surface area (Å²) in [5.74, 6) is 1.72. The van der Waals surface area contributed by atoms with Crippen molar-refractivity contribution in [2.45, 2.75) is 39.7 Å². The normalized spacial score (nSPS) is 10.9. The van der Waals surface area contributed by atoms with Crippen molar-refractivity contribution in [3.8, 4) is 5.75 Å². The predicted molar refractivity (Wildman–Crippen MR) is 112 cm³/mol. The number of hydrogen-bond donors (Lipinski definition) is 2. The minimum absolute atomic E-state index is 0. The number of unbranched alkanes of at least 4 members (excludes halogenated alkanes) is 2. The highest BCUT2D eigenvalue weighted by Gasteiger charge is 2.06. The Balaban J connectivity index is 0.00000529. The summed E-state index contributed by atoms with van der Waals surface area (Å²) in [6, 6.07) is 6.25. The molecule has 6 heteroatoms. The largest absolute Gasteiger partial charge is 0.491 e. The van der Waals surface area contributed by atoms with Crippen molar-refractivity contribution in [2.24, 2.45) is 4.99 Å². The van der Waals surface area contributed by atoms with Gasteiger partial charge in [-0.15, -0.1) is 24.0 Å². The van der Waals surface area contributed by atoms with E-state index in [-0.39, 0.29) is 24.0 Å². The molecule has 1 rings (SSSR count). The van der Waals surface area contributed by atoms with Crippen LogP contribution in [0.15, 0.2) is 23.2 Å². The maximum absolute atomic E-state index is 5.81. The van der Waals surface area contributed by atoms with Crippen LogP contribution in [0, 0.1) is 6.92 Å². The molecule has 0 heterocycles. The number of benzene rings is 1. The second-order valence-corrected chi connectivity index (χ2v) is 5.51. The number of nitrogens with zero attached hydrogens (tertiary/aromatic N) is 1. The average molecular weight is 449 g/mol. The maximum Gasteiger partial charge on any atom is 0.191 e. The van der Waals surface area contributed by atoms with E-state index < -0.39 is 0 Å². The molecule has 1 aromatic carbocycles. The summed E-state index contributed by atoms with van der Waals surface area (Å²) in [5.41, 5.74) is 2.30. The molecule has 0 unspecified atom stereocenters. The smallest absolute Gasteiger partial charge is 0.191 e. The third-order valence-electron chi connectivity index (χ3n) is 3.51. The molecule has 0 fully saturated rings. The molecule has 24 heavy (non-hydrogen) atoms. The minimum atomic E-state index is 0. The van der Waals surface area contributed by atoms with Gasteiger partial charge in [0.15, 0.2) is 5.96 Å². The topological polar surface area (TPSA) is 54.9 Å². The number of hydrogen-bond acceptors (Lipinski definition) is 3. The van der Waals surface area contributed by atoms with Gasteiger partial charge in [0.05, 0.1) is 6.61 Å². The average Bonchev–Trinajstić information content (AvgIpc) is 2.56. The quantitative estimate of drug-likeness (QED) is 0.249. The summed E-state index contributed by atoms with van der Waals surface area (Å²) < 4.78 is 10.9. The van der Waals surface area contributed by atoms with Crippen LogP contribution in [0.1, 0.15) is 37.3 Å². The molecule has 5 nitrogen and oxygen atoms in total. The van der Waals surface area contributed by atoms with Crippen LogP contribution < -0.4 is 15.4 Å². The molecule has 0 aliphatic heterocycles. The Kier molecular flexibility index (Phi) is 13.7. The number of halogens is 1. The molecule has 2 N–H and O–H groups in total. The number of aryl methyl sites for hydroxylation is 1. The Morgan fingerprint density at radius 3 is 2.62 bits per heavy atom. The predicted octanol–water partition coefficient (Wildman–Crippen LogP) is 3.49. The van der Waals surface area contributed by atoms with Gasteiger partial charge in [-0.2, -0.15) is 0 Å². The third kappa shape index (κ3) is 9.32. The SMILES string of the molecule is CCCCCNC(=NC)NCc1ccc(C)cc1OCCOC.I. The molecule has 1 aromatic rings. The number of rotatable bonds is 10. The van der Waals surface area contributed by atoms with Crippen LogP contribution in [0.2, 0.25) is 0 Å². The van der Waals surface area contributed by atoms with Gasteiger partial charge in [-0.05, 0) is 25.0 Å². The fourth-order valence-corrected chi connectivity index (χ4v) is 2.16. The Morgan fingerprint density at radius 1 is 1.17 bits per heavy atom. The fraction of sp³-hybridized carbons (Fsp3) is 0.611. The van der Waals surface area contributed by atoms with Crippen molar-refractivity contribution >= 4 is 29.9 Å². The van der Waals surface area contributed by atoms with E-state index in [0.717, 1.165) is 30.2 Å². The second-order valence-electron chi connectivity index (χ2n) is 5.51. The zero-order valence-corrected chi connectivity index (χ0v) is 17.7. The van der Waals surface area contributed by atoms with Crippen LogP contribution in [0.4, 0.5) is 0 Å². The van der Waals surface area contributed by atoms with Gasteiger partial charge in [0.2, 0.25) is 0 Å². The highest BCUT2D eigenvalue weighted by Crippen LogP contribution is 2.20. The molecule has 0 spiro atoms. The first-order valence-electron chi connectivity index (χ1n) is 8.37. The van der Waals surface area contributed by atoms with Crippen LogP contribution in [-0.2, 0) is 11.3 Å². The van der Waals surface area contributed by atoms with Crippen molar-refractivity contribution in [3.05, 3.63) is 29.3 Å². The monoisotopic (exact) mass is 449 g/mol. The molecular formula is C18H32IN3O2. The van der Waals surface area contributed by atoms with Gasteiger partial charge in [-0.1, -0.05) is 31.9 Å². The number of aliphatic imine (C=N–C) groups is 1. The molecule has 138 valence electrons. The van der Waals surface area contributed by atoms with Crippen molar-refractivity contribution in [3.63, 3.8) is 0 Å². The minimum Gasteiger partial charge on any atom is -0.491 e. The Morgan fingerprint density at radius 2 is 1.96 bits per heavy atom. The standard InChI is InChI=1S/C18H31N3O2.HI/c1-5-6-7-10-20-18(19-3)21-14-16-9-8-15(2)13-17(16)23-12-11-22-4;/h8-9,13H,5-7,10-12,14H2,1-4H3,(H2,19,20,21);1H. The van der Waals surface area contributed by atoms with Gasteiger partial charge in [0, 0.05) is 32.8 Å². The van der Waals surface area contributed by atoms with Crippen molar-refractivity contribution < 1.29 is 9.47 Å². The summed E-state index contributed by atoms with van der Waals surface area (Å²) in [5, 5.41) is 6.68. The molecule has 0 amide bonds. The van der Waals surface area contributed by atoms with Gasteiger partial charge < -0.3 is 20.1 Å². The summed E-state index contributed by atoms with van der Waals surface area (Å²) >= 11 is 0. The molecule has 0 aliphatic carbocycles. The van der Waals surface area contributed by atoms with E-state index in [9.17, 15) is 0 Å². The molecule has 0 bridgehead atoms. The summed E-state index contributed by atoms with van der Waals surface area (Å²) in [7, 11) is 3.47. The van der Waals surface area contributed by atoms with Crippen LogP contribution in [0.3, 0.4) is 0 Å². The molecule has 0 radical (unpaired) electrons. The zero-order chi connectivity index (χ0) is 16.9. The van der Waals surface area contributed by atoms with Crippen LogP contribution in [-0.4, -0.2) is 39.9 Å². The first kappa shape index (κ1) is 23.0. The highest BCUT2D eigenvalue weighted by molar-refractivity contribution is 14.0. The Hall–Kier alpha value is -1.02. The molecule has 0 aliphatic rings. The van der Waals surface area contributed by atoms with E-state index >= 15 is 0 Å². The van der Waals surface area contributed by atoms with Crippen molar-refractivity contribution in [1.82, 2.24) is 10.6 Å². The highest BCUT2D eigenvalue weighted by atomic mass is 127. The first-order valence-corrected chi connectivity index (χ1v) is 8.37. The van der Waals surface area contributed by atoms with Crippen LogP contribution in [0.25, 0.3) is 0 Å². The summed E-state index contributed by atoms with van der Waals surface area (Å²) in [6.45, 7) is 7.03. The van der Waals surface area contributed by atoms with Gasteiger partial charge in [0.25, 0.3) is 0 Å². The fourth-order valence-electron chi connectivity index (χ4n) is 2.16. The van der Waals surface area contributed by atoms with Gasteiger partial charge in [0.1, 0.15) is 12.4 Å². The van der Waals surface area contributed by atoms with Crippen LogP contribution >= 0.6 is 24.0 Å². The van der Waals surface area contributed by atoms with Gasteiger partial charge in [-0.3, -0.25) is 4.99 Å². The lowest BCUT2D eigenvalue weighted by molar-refractivity contribution is 0.145. The third-order valence-corrected chi connectivity index (χ3v) is 3.51. The number of nitrogens with one attached hydrogen (secondary N) is 2. The number of guanidine groups is 1. The Bertz CT molecular complexity index is 481. The first-order chi connectivity index (χ1) is 11.2. The van der Waals surface area contributed by atoms with E-state index in [1.165, 1.54) is 18.4 Å². The van der Waals surface area contributed by atoms with Gasteiger partial charge in [-0.25, -0.2) is 0 Å².